The molecule has 0 unspecified atom stereocenters. The lowest BCUT2D eigenvalue weighted by molar-refractivity contribution is 0.164. The van der Waals surface area contributed by atoms with Crippen LogP contribution >= 0.6 is 24.8 Å². The number of ether oxygens (including phenoxy) is 2. The van der Waals surface area contributed by atoms with Crippen LogP contribution in [0.2, 0.25) is 0 Å². The van der Waals surface area contributed by atoms with E-state index in [1.165, 1.54) is 11.1 Å². The molecule has 1 fully saturated rings. The lowest BCUT2D eigenvalue weighted by Crippen LogP contribution is -2.45. The molecule has 1 aromatic carbocycles. The molecular weight excluding hydrogens is 335 g/mol. The van der Waals surface area contributed by atoms with Gasteiger partial charge < -0.3 is 14.8 Å². The maximum atomic E-state index is 5.73. The highest BCUT2D eigenvalue weighted by Crippen LogP contribution is 2.36. The van der Waals surface area contributed by atoms with Crippen LogP contribution in [0.15, 0.2) is 30.4 Å². The van der Waals surface area contributed by atoms with E-state index in [0.29, 0.717) is 19.3 Å². The average Bonchev–Trinajstić information content (AvgIpc) is 2.53. The Balaban J connectivity index is 0.00000132. The highest BCUT2D eigenvalue weighted by Gasteiger charge is 2.24. The third kappa shape index (κ3) is 5.01. The first kappa shape index (κ1) is 20.1. The van der Waals surface area contributed by atoms with E-state index in [1.807, 2.05) is 6.07 Å². The molecule has 2 heterocycles. The molecule has 1 atom stereocenters. The normalized spacial score (nSPS) is 18.3. The van der Waals surface area contributed by atoms with Crippen LogP contribution in [0.1, 0.15) is 24.9 Å². The number of hydrogen-bond donors (Lipinski definition) is 1. The molecule has 0 aromatic heterocycles. The number of halogens is 2. The van der Waals surface area contributed by atoms with E-state index in [1.54, 1.807) is 0 Å². The lowest BCUT2D eigenvalue weighted by atomic mass is 9.97. The summed E-state index contributed by atoms with van der Waals surface area (Å²) in [6.07, 6.45) is 0.986. The zero-order chi connectivity index (χ0) is 14.7. The molecule has 6 heteroatoms. The number of fused-ring (bicyclic) bond motifs is 1. The van der Waals surface area contributed by atoms with Gasteiger partial charge in [-0.05, 0) is 31.0 Å². The molecule has 4 nitrogen and oxygen atoms in total. The molecule has 2 aliphatic rings. The first-order chi connectivity index (χ1) is 10.2. The highest BCUT2D eigenvalue weighted by atomic mass is 35.5. The Hall–Kier alpha value is -0.940. The standard InChI is InChI=1S/C17H24N2O2.2ClH/c1-13(2)11-15(19-7-5-18-6-8-19)14-3-4-16-17(12-14)21-10-9-20-16;;/h3-4,12,15,18H,1,5-11H2,2H3;2*1H/t15-;;/m0../s1. The fourth-order valence-corrected chi connectivity index (χ4v) is 3.05. The van der Waals surface area contributed by atoms with Crippen molar-refractivity contribution in [1.29, 1.82) is 0 Å². The predicted molar refractivity (Wildman–Crippen MR) is 98.5 cm³/mol. The van der Waals surface area contributed by atoms with E-state index in [4.69, 9.17) is 9.47 Å². The third-order valence-corrected chi connectivity index (χ3v) is 4.09. The Kier molecular flexibility index (Phi) is 8.20. The van der Waals surface area contributed by atoms with E-state index in [2.05, 4.69) is 35.9 Å². The Morgan fingerprint density at radius 1 is 1.17 bits per heavy atom. The summed E-state index contributed by atoms with van der Waals surface area (Å²) in [6.45, 7) is 11.7. The molecule has 2 aliphatic heterocycles. The molecule has 130 valence electrons. The number of nitrogens with one attached hydrogen (secondary N) is 1. The average molecular weight is 361 g/mol. The van der Waals surface area contributed by atoms with E-state index in [-0.39, 0.29) is 24.8 Å². The molecule has 1 saturated heterocycles. The van der Waals surface area contributed by atoms with Gasteiger partial charge in [-0.15, -0.1) is 31.4 Å². The van der Waals surface area contributed by atoms with Gasteiger partial charge in [0.25, 0.3) is 0 Å². The van der Waals surface area contributed by atoms with Gasteiger partial charge in [-0.25, -0.2) is 0 Å². The van der Waals surface area contributed by atoms with Gasteiger partial charge in [0.1, 0.15) is 13.2 Å². The topological polar surface area (TPSA) is 33.7 Å². The Morgan fingerprint density at radius 3 is 2.48 bits per heavy atom. The Labute approximate surface area is 151 Å². The van der Waals surface area contributed by atoms with Gasteiger partial charge in [0.2, 0.25) is 0 Å². The molecule has 0 aliphatic carbocycles. The molecule has 1 N–H and O–H groups in total. The van der Waals surface area contributed by atoms with Gasteiger partial charge in [-0.1, -0.05) is 11.6 Å². The van der Waals surface area contributed by atoms with Crippen molar-refractivity contribution in [3.05, 3.63) is 35.9 Å². The minimum atomic E-state index is 0. The first-order valence-electron chi connectivity index (χ1n) is 7.73. The van der Waals surface area contributed by atoms with Crippen molar-refractivity contribution in [2.45, 2.75) is 19.4 Å². The maximum absolute atomic E-state index is 5.73. The molecule has 1 aromatic rings. The van der Waals surface area contributed by atoms with Crippen molar-refractivity contribution in [2.75, 3.05) is 39.4 Å². The van der Waals surface area contributed by atoms with Gasteiger partial charge in [-0.2, -0.15) is 0 Å². The van der Waals surface area contributed by atoms with Gasteiger partial charge in [0.15, 0.2) is 11.5 Å². The van der Waals surface area contributed by atoms with Gasteiger partial charge >= 0.3 is 0 Å². The smallest absolute Gasteiger partial charge is 0.161 e. The largest absolute Gasteiger partial charge is 0.486 e. The quantitative estimate of drug-likeness (QED) is 0.835. The fourth-order valence-electron chi connectivity index (χ4n) is 3.05. The number of nitrogens with zero attached hydrogens (tertiary/aromatic N) is 1. The molecule has 0 radical (unpaired) electrons. The minimum Gasteiger partial charge on any atom is -0.486 e. The summed E-state index contributed by atoms with van der Waals surface area (Å²) < 4.78 is 11.3. The summed E-state index contributed by atoms with van der Waals surface area (Å²) in [5.41, 5.74) is 2.51. The number of rotatable bonds is 4. The van der Waals surface area contributed by atoms with Crippen LogP contribution < -0.4 is 14.8 Å². The van der Waals surface area contributed by atoms with Crippen LogP contribution in [-0.4, -0.2) is 44.3 Å². The van der Waals surface area contributed by atoms with Crippen molar-refractivity contribution in [3.8, 4) is 11.5 Å². The molecule has 3 rings (SSSR count). The molecule has 0 amide bonds. The fraction of sp³-hybridized carbons (Fsp3) is 0.529. The molecule has 0 spiro atoms. The van der Waals surface area contributed by atoms with Gasteiger partial charge in [0, 0.05) is 32.2 Å². The second-order valence-electron chi connectivity index (χ2n) is 5.87. The van der Waals surface area contributed by atoms with Crippen molar-refractivity contribution < 1.29 is 9.47 Å². The number of hydrogen-bond acceptors (Lipinski definition) is 4. The summed E-state index contributed by atoms with van der Waals surface area (Å²) in [4.78, 5) is 2.54. The van der Waals surface area contributed by atoms with Crippen LogP contribution in [0.5, 0.6) is 11.5 Å². The zero-order valence-electron chi connectivity index (χ0n) is 13.5. The summed E-state index contributed by atoms with van der Waals surface area (Å²) in [5.74, 6) is 1.74. The Bertz CT molecular complexity index is 519. The van der Waals surface area contributed by atoms with Gasteiger partial charge in [0.05, 0.1) is 0 Å². The molecule has 23 heavy (non-hydrogen) atoms. The maximum Gasteiger partial charge on any atom is 0.161 e. The monoisotopic (exact) mass is 360 g/mol. The van der Waals surface area contributed by atoms with E-state index >= 15 is 0 Å². The van der Waals surface area contributed by atoms with Crippen LogP contribution in [-0.2, 0) is 0 Å². The molecular formula is C17H26Cl2N2O2. The van der Waals surface area contributed by atoms with E-state index in [0.717, 1.165) is 44.1 Å². The zero-order valence-corrected chi connectivity index (χ0v) is 15.2. The minimum absolute atomic E-state index is 0. The SMILES string of the molecule is C=C(C)C[C@@H](c1ccc2c(c1)OCCO2)N1CCNCC1.Cl.Cl. The van der Waals surface area contributed by atoms with Crippen LogP contribution in [0, 0.1) is 0 Å². The first-order valence-corrected chi connectivity index (χ1v) is 7.73. The lowest BCUT2D eigenvalue weighted by Gasteiger charge is -2.36. The van der Waals surface area contributed by atoms with Crippen molar-refractivity contribution in [2.24, 2.45) is 0 Å². The van der Waals surface area contributed by atoms with Crippen molar-refractivity contribution >= 4 is 24.8 Å². The van der Waals surface area contributed by atoms with Crippen LogP contribution in [0.4, 0.5) is 0 Å². The summed E-state index contributed by atoms with van der Waals surface area (Å²) in [7, 11) is 0. The highest BCUT2D eigenvalue weighted by molar-refractivity contribution is 5.85. The van der Waals surface area contributed by atoms with Crippen molar-refractivity contribution in [3.63, 3.8) is 0 Å². The van der Waals surface area contributed by atoms with E-state index < -0.39 is 0 Å². The molecule has 0 saturated carbocycles. The number of benzene rings is 1. The second kappa shape index (κ2) is 9.38. The third-order valence-electron chi connectivity index (χ3n) is 4.09. The van der Waals surface area contributed by atoms with Crippen LogP contribution in [0.25, 0.3) is 0 Å². The Morgan fingerprint density at radius 2 is 1.83 bits per heavy atom. The summed E-state index contributed by atoms with van der Waals surface area (Å²) in [6, 6.07) is 6.73. The second-order valence-corrected chi connectivity index (χ2v) is 5.87. The predicted octanol–water partition coefficient (Wildman–Crippen LogP) is 3.21. The van der Waals surface area contributed by atoms with Crippen molar-refractivity contribution in [1.82, 2.24) is 10.2 Å². The number of piperazine rings is 1. The molecule has 0 bridgehead atoms. The van der Waals surface area contributed by atoms with E-state index in [9.17, 15) is 0 Å². The summed E-state index contributed by atoms with van der Waals surface area (Å²) in [5, 5.41) is 3.42. The van der Waals surface area contributed by atoms with Gasteiger partial charge in [-0.3, -0.25) is 4.90 Å². The van der Waals surface area contributed by atoms with Crippen LogP contribution in [0.3, 0.4) is 0 Å². The summed E-state index contributed by atoms with van der Waals surface area (Å²) >= 11 is 0.